The Morgan fingerprint density at radius 1 is 1.40 bits per heavy atom. The van der Waals surface area contributed by atoms with Crippen LogP contribution in [0.25, 0.3) is 0 Å². The summed E-state index contributed by atoms with van der Waals surface area (Å²) in [6, 6.07) is 0.730. The molecule has 140 valence electrons. The van der Waals surface area contributed by atoms with Crippen LogP contribution in [0.2, 0.25) is 5.02 Å². The smallest absolute Gasteiger partial charge is 0.418 e. The highest BCUT2D eigenvalue weighted by Crippen LogP contribution is 2.40. The van der Waals surface area contributed by atoms with E-state index in [0.29, 0.717) is 6.42 Å². The number of aliphatic hydroxyl groups is 1. The summed E-state index contributed by atoms with van der Waals surface area (Å²) in [5.74, 6) is 0. The lowest BCUT2D eigenvalue weighted by Gasteiger charge is -2.40. The highest BCUT2D eigenvalue weighted by atomic mass is 35.5. The molecule has 1 amide bonds. The third-order valence-corrected chi connectivity index (χ3v) is 3.93. The van der Waals surface area contributed by atoms with Crippen molar-refractivity contribution in [1.82, 2.24) is 9.88 Å². The summed E-state index contributed by atoms with van der Waals surface area (Å²) in [6.07, 6.45) is -4.00. The van der Waals surface area contributed by atoms with Crippen molar-refractivity contribution in [2.24, 2.45) is 0 Å². The Labute approximate surface area is 148 Å². The third-order valence-electron chi connectivity index (χ3n) is 3.72. The van der Waals surface area contributed by atoms with E-state index in [2.05, 4.69) is 4.98 Å². The van der Waals surface area contributed by atoms with E-state index in [1.165, 1.54) is 4.90 Å². The van der Waals surface area contributed by atoms with Crippen molar-refractivity contribution < 1.29 is 27.8 Å². The lowest BCUT2D eigenvalue weighted by Crippen LogP contribution is -2.50. The lowest BCUT2D eigenvalue weighted by atomic mass is 9.86. The number of aromatic nitrogens is 1. The normalized spacial score (nSPS) is 22.0. The van der Waals surface area contributed by atoms with Crippen LogP contribution >= 0.6 is 11.6 Å². The van der Waals surface area contributed by atoms with Crippen molar-refractivity contribution in [3.8, 4) is 0 Å². The Balaban J connectivity index is 2.34. The number of likely N-dealkylation sites (tertiary alicyclic amines) is 1. The van der Waals surface area contributed by atoms with E-state index in [4.69, 9.17) is 16.3 Å². The molecule has 2 rings (SSSR count). The number of hydrogen-bond donors (Lipinski definition) is 1. The summed E-state index contributed by atoms with van der Waals surface area (Å²) in [5.41, 5.74) is -4.31. The number of halogens is 4. The van der Waals surface area contributed by atoms with Gasteiger partial charge in [-0.15, -0.1) is 0 Å². The van der Waals surface area contributed by atoms with Crippen LogP contribution in [0, 0.1) is 0 Å². The Kier molecular flexibility index (Phi) is 5.26. The molecule has 0 saturated carbocycles. The maximum absolute atomic E-state index is 13.3. The Bertz CT molecular complexity index is 661. The maximum Gasteiger partial charge on any atom is 0.418 e. The first-order valence-electron chi connectivity index (χ1n) is 7.75. The van der Waals surface area contributed by atoms with Crippen LogP contribution in [0.5, 0.6) is 0 Å². The van der Waals surface area contributed by atoms with E-state index in [1.807, 2.05) is 0 Å². The van der Waals surface area contributed by atoms with Crippen molar-refractivity contribution in [1.29, 1.82) is 0 Å². The fourth-order valence-corrected chi connectivity index (χ4v) is 2.90. The van der Waals surface area contributed by atoms with E-state index < -0.39 is 34.7 Å². The second-order valence-corrected chi connectivity index (χ2v) is 7.52. The number of carbonyl (C=O) groups excluding carboxylic acids is 1. The molecule has 0 bridgehead atoms. The van der Waals surface area contributed by atoms with Gasteiger partial charge >= 0.3 is 12.3 Å². The van der Waals surface area contributed by atoms with Gasteiger partial charge in [-0.05, 0) is 39.7 Å². The Morgan fingerprint density at radius 2 is 2.04 bits per heavy atom. The fraction of sp³-hybridized carbons (Fsp3) is 0.625. The van der Waals surface area contributed by atoms with Gasteiger partial charge in [-0.2, -0.15) is 13.2 Å². The van der Waals surface area contributed by atoms with E-state index in [1.54, 1.807) is 20.8 Å². The second-order valence-electron chi connectivity index (χ2n) is 7.08. The van der Waals surface area contributed by atoms with Crippen LogP contribution in [0.3, 0.4) is 0 Å². The van der Waals surface area contributed by atoms with Crippen LogP contribution in [0.4, 0.5) is 18.0 Å². The number of β-amino-alcohol motifs (C(OH)–C–C–N with tert-alkyl or cyclic N) is 1. The van der Waals surface area contributed by atoms with Crippen molar-refractivity contribution in [3.05, 3.63) is 28.5 Å². The van der Waals surface area contributed by atoms with Gasteiger partial charge in [-0.25, -0.2) is 4.79 Å². The van der Waals surface area contributed by atoms with Crippen LogP contribution in [-0.2, 0) is 16.5 Å². The standard InChI is InChI=1S/C16H20ClF3N2O3/c1-14(2,3)25-13(23)22-6-4-5-15(24,9-22)12-11(16(18,19)20)7-10(17)8-21-12/h7-8,24H,4-6,9H2,1-3H3. The van der Waals surface area contributed by atoms with Gasteiger partial charge in [0.1, 0.15) is 11.2 Å². The first-order chi connectivity index (χ1) is 11.3. The van der Waals surface area contributed by atoms with Gasteiger partial charge in [0, 0.05) is 12.7 Å². The molecule has 1 unspecified atom stereocenters. The molecule has 1 aliphatic heterocycles. The molecule has 1 aromatic rings. The molecule has 0 spiro atoms. The molecular weight excluding hydrogens is 361 g/mol. The number of piperidine rings is 1. The van der Waals surface area contributed by atoms with Gasteiger partial charge in [0.25, 0.3) is 0 Å². The molecule has 5 nitrogen and oxygen atoms in total. The van der Waals surface area contributed by atoms with Gasteiger partial charge in [0.2, 0.25) is 0 Å². The van der Waals surface area contributed by atoms with E-state index in [9.17, 15) is 23.1 Å². The summed E-state index contributed by atoms with van der Waals surface area (Å²) < 4.78 is 45.2. The number of alkyl halides is 3. The van der Waals surface area contributed by atoms with Gasteiger partial charge in [0.15, 0.2) is 0 Å². The fourth-order valence-electron chi connectivity index (χ4n) is 2.74. The number of amides is 1. The SMILES string of the molecule is CC(C)(C)OC(=O)N1CCCC(O)(c2ncc(Cl)cc2C(F)(F)F)C1. The lowest BCUT2D eigenvalue weighted by molar-refractivity contribution is -0.142. The predicted molar refractivity (Wildman–Crippen MR) is 85.2 cm³/mol. The van der Waals surface area contributed by atoms with Crippen molar-refractivity contribution in [3.63, 3.8) is 0 Å². The Morgan fingerprint density at radius 3 is 2.60 bits per heavy atom. The number of hydrogen-bond acceptors (Lipinski definition) is 4. The average Bonchev–Trinajstić information content (AvgIpc) is 2.44. The summed E-state index contributed by atoms with van der Waals surface area (Å²) in [7, 11) is 0. The number of ether oxygens (including phenoxy) is 1. The molecule has 1 atom stereocenters. The van der Waals surface area contributed by atoms with E-state index in [-0.39, 0.29) is 24.5 Å². The molecule has 1 saturated heterocycles. The van der Waals surface area contributed by atoms with Crippen molar-refractivity contribution in [2.75, 3.05) is 13.1 Å². The average molecular weight is 381 g/mol. The largest absolute Gasteiger partial charge is 0.444 e. The number of nitrogens with zero attached hydrogens (tertiary/aromatic N) is 2. The minimum atomic E-state index is -4.73. The van der Waals surface area contributed by atoms with E-state index >= 15 is 0 Å². The highest BCUT2D eigenvalue weighted by molar-refractivity contribution is 6.30. The quantitative estimate of drug-likeness (QED) is 0.800. The molecule has 1 N–H and O–H groups in total. The number of rotatable bonds is 1. The van der Waals surface area contributed by atoms with Crippen LogP contribution in [0.1, 0.15) is 44.9 Å². The molecule has 1 fully saturated rings. The number of carbonyl (C=O) groups is 1. The van der Waals surface area contributed by atoms with Crippen molar-refractivity contribution >= 4 is 17.7 Å². The first-order valence-corrected chi connectivity index (χ1v) is 8.13. The zero-order valence-corrected chi connectivity index (χ0v) is 14.9. The van der Waals surface area contributed by atoms with Gasteiger partial charge in [-0.3, -0.25) is 4.98 Å². The van der Waals surface area contributed by atoms with Crippen LogP contribution < -0.4 is 0 Å². The van der Waals surface area contributed by atoms with Gasteiger partial charge in [0.05, 0.1) is 22.8 Å². The van der Waals surface area contributed by atoms with Crippen LogP contribution in [0.15, 0.2) is 12.3 Å². The minimum absolute atomic E-state index is 0.0456. The molecule has 1 aromatic heterocycles. The van der Waals surface area contributed by atoms with E-state index in [0.717, 1.165) is 12.3 Å². The minimum Gasteiger partial charge on any atom is -0.444 e. The molecule has 0 radical (unpaired) electrons. The summed E-state index contributed by atoms with van der Waals surface area (Å²) >= 11 is 5.63. The maximum atomic E-state index is 13.3. The first kappa shape index (κ1) is 19.8. The highest BCUT2D eigenvalue weighted by Gasteiger charge is 2.45. The summed E-state index contributed by atoms with van der Waals surface area (Å²) in [4.78, 5) is 17.1. The van der Waals surface area contributed by atoms with Crippen LogP contribution in [-0.4, -0.2) is 39.8 Å². The molecule has 1 aliphatic rings. The predicted octanol–water partition coefficient (Wildman–Crippen LogP) is 3.97. The molecule has 0 aliphatic carbocycles. The molecule has 9 heteroatoms. The molecule has 0 aromatic carbocycles. The van der Waals surface area contributed by atoms with Crippen molar-refractivity contribution in [2.45, 2.75) is 51.0 Å². The Hall–Kier alpha value is -1.54. The number of pyridine rings is 1. The zero-order chi connectivity index (χ0) is 19.0. The summed E-state index contributed by atoms with van der Waals surface area (Å²) in [6.45, 7) is 5.00. The zero-order valence-electron chi connectivity index (χ0n) is 14.2. The van der Waals surface area contributed by atoms with Gasteiger partial charge < -0.3 is 14.7 Å². The molecule has 2 heterocycles. The molecule has 25 heavy (non-hydrogen) atoms. The van der Waals surface area contributed by atoms with Gasteiger partial charge in [-0.1, -0.05) is 11.6 Å². The topological polar surface area (TPSA) is 62.7 Å². The monoisotopic (exact) mass is 380 g/mol. The second kappa shape index (κ2) is 6.64. The summed E-state index contributed by atoms with van der Waals surface area (Å²) in [5, 5.41) is 10.7. The third kappa shape index (κ3) is 4.76. The molecular formula is C16H20ClF3N2O3.